The maximum Gasteiger partial charge on any atom is 0.257 e. The highest BCUT2D eigenvalue weighted by Gasteiger charge is 2.29. The Balaban J connectivity index is 1.68. The first-order valence-corrected chi connectivity index (χ1v) is 11.0. The Morgan fingerprint density at radius 2 is 1.90 bits per heavy atom. The van der Waals surface area contributed by atoms with Crippen LogP contribution in [0.2, 0.25) is 0 Å². The molecule has 152 valence electrons. The van der Waals surface area contributed by atoms with Crippen LogP contribution in [0, 0.1) is 12.8 Å². The van der Waals surface area contributed by atoms with Crippen molar-refractivity contribution in [2.75, 3.05) is 31.6 Å². The topological polar surface area (TPSA) is 58.6 Å². The number of amides is 2. The zero-order chi connectivity index (χ0) is 20.2. The van der Waals surface area contributed by atoms with Gasteiger partial charge in [0, 0.05) is 23.9 Å². The number of ether oxygens (including phenoxy) is 1. The lowest BCUT2D eigenvalue weighted by atomic mass is 9.93. The van der Waals surface area contributed by atoms with E-state index in [1.165, 1.54) is 11.3 Å². The summed E-state index contributed by atoms with van der Waals surface area (Å²) in [5, 5.41) is 3.76. The molecule has 1 aromatic carbocycles. The number of allylic oxidation sites excluding steroid dienone is 2. The van der Waals surface area contributed by atoms with Crippen molar-refractivity contribution in [3.05, 3.63) is 53.6 Å². The Bertz CT molecular complexity index is 914. The first-order chi connectivity index (χ1) is 14.1. The van der Waals surface area contributed by atoms with Crippen molar-refractivity contribution in [2.45, 2.75) is 26.2 Å². The average molecular weight is 411 g/mol. The lowest BCUT2D eigenvalue weighted by Gasteiger charge is -2.27. The Morgan fingerprint density at radius 3 is 2.59 bits per heavy atom. The summed E-state index contributed by atoms with van der Waals surface area (Å²) in [4.78, 5) is 29.1. The molecule has 0 bridgehead atoms. The van der Waals surface area contributed by atoms with Crippen LogP contribution in [0.4, 0.5) is 5.00 Å². The van der Waals surface area contributed by atoms with Crippen molar-refractivity contribution in [1.82, 2.24) is 4.90 Å². The second kappa shape index (κ2) is 8.93. The molecular weight excluding hydrogens is 384 g/mol. The van der Waals surface area contributed by atoms with Gasteiger partial charge < -0.3 is 15.0 Å². The Labute approximate surface area is 175 Å². The molecule has 1 aliphatic carbocycles. The molecule has 1 atom stereocenters. The number of anilines is 1. The van der Waals surface area contributed by atoms with Crippen molar-refractivity contribution >= 4 is 28.2 Å². The van der Waals surface area contributed by atoms with E-state index in [0.29, 0.717) is 36.9 Å². The third kappa shape index (κ3) is 4.28. The minimum absolute atomic E-state index is 0.00578. The zero-order valence-corrected chi connectivity index (χ0v) is 17.5. The van der Waals surface area contributed by atoms with Gasteiger partial charge >= 0.3 is 0 Å². The number of nitrogens with zero attached hydrogens (tertiary/aromatic N) is 1. The van der Waals surface area contributed by atoms with Crippen LogP contribution in [-0.4, -0.2) is 43.0 Å². The smallest absolute Gasteiger partial charge is 0.257 e. The van der Waals surface area contributed by atoms with Gasteiger partial charge in [-0.15, -0.1) is 11.3 Å². The molecule has 1 saturated heterocycles. The van der Waals surface area contributed by atoms with Crippen LogP contribution in [0.5, 0.6) is 0 Å². The van der Waals surface area contributed by atoms with Gasteiger partial charge in [-0.2, -0.15) is 0 Å². The van der Waals surface area contributed by atoms with Gasteiger partial charge in [0.05, 0.1) is 18.8 Å². The molecule has 1 aliphatic heterocycles. The number of carbonyl (C=O) groups excluding carboxylic acids is 2. The molecule has 5 nitrogen and oxygen atoms in total. The molecule has 1 N–H and O–H groups in total. The fourth-order valence-corrected chi connectivity index (χ4v) is 5.10. The highest BCUT2D eigenvalue weighted by atomic mass is 32.1. The molecule has 2 aliphatic rings. The summed E-state index contributed by atoms with van der Waals surface area (Å²) in [6.45, 7) is 4.24. The predicted molar refractivity (Wildman–Crippen MR) is 116 cm³/mol. The fraction of sp³-hybridized carbons (Fsp3) is 0.391. The average Bonchev–Trinajstić information content (AvgIpc) is 3.10. The molecule has 29 heavy (non-hydrogen) atoms. The number of nitrogens with one attached hydrogen (secondary N) is 1. The van der Waals surface area contributed by atoms with Crippen LogP contribution in [0.15, 0.2) is 42.5 Å². The maximum absolute atomic E-state index is 13.4. The number of benzene rings is 1. The largest absolute Gasteiger partial charge is 0.378 e. The molecule has 0 spiro atoms. The van der Waals surface area contributed by atoms with Gasteiger partial charge in [0.25, 0.3) is 5.91 Å². The van der Waals surface area contributed by atoms with Crippen LogP contribution >= 0.6 is 11.3 Å². The second-order valence-electron chi connectivity index (χ2n) is 7.50. The summed E-state index contributed by atoms with van der Waals surface area (Å²) < 4.78 is 5.40. The number of thiophene rings is 1. The van der Waals surface area contributed by atoms with Crippen molar-refractivity contribution in [3.63, 3.8) is 0 Å². The predicted octanol–water partition coefficient (Wildman–Crippen LogP) is 4.49. The van der Waals surface area contributed by atoms with Gasteiger partial charge in [0.15, 0.2) is 0 Å². The standard InChI is InChI=1S/C23H26N2O3S/c1-16-19(23(27)25-12-14-28-15-13-25)22(24-21(26)18-10-6-3-7-11-18)29-20(16)17-8-4-2-5-9-17/h2-6,8-9,18H,7,10-15H2,1H3,(H,24,26)/t18-/m1/s1. The van der Waals surface area contributed by atoms with Crippen LogP contribution in [0.3, 0.4) is 0 Å². The minimum Gasteiger partial charge on any atom is -0.378 e. The number of morpholine rings is 1. The lowest BCUT2D eigenvalue weighted by molar-refractivity contribution is -0.120. The van der Waals surface area contributed by atoms with Crippen LogP contribution in [0.1, 0.15) is 35.2 Å². The molecule has 2 aromatic rings. The second-order valence-corrected chi connectivity index (χ2v) is 8.52. The summed E-state index contributed by atoms with van der Waals surface area (Å²) in [5.41, 5.74) is 2.61. The molecule has 1 aromatic heterocycles. The van der Waals surface area contributed by atoms with E-state index < -0.39 is 0 Å². The number of hydrogen-bond acceptors (Lipinski definition) is 4. The Morgan fingerprint density at radius 1 is 1.14 bits per heavy atom. The first-order valence-electron chi connectivity index (χ1n) is 10.2. The molecule has 0 saturated carbocycles. The van der Waals surface area contributed by atoms with E-state index in [0.717, 1.165) is 35.3 Å². The van der Waals surface area contributed by atoms with Gasteiger partial charge in [-0.05, 0) is 37.3 Å². The summed E-state index contributed by atoms with van der Waals surface area (Å²) in [5.74, 6) is -0.0526. The van der Waals surface area contributed by atoms with Crippen LogP contribution in [0.25, 0.3) is 10.4 Å². The van der Waals surface area contributed by atoms with Gasteiger partial charge in [-0.1, -0.05) is 42.5 Å². The molecule has 1 fully saturated rings. The van der Waals surface area contributed by atoms with Gasteiger partial charge in [-0.25, -0.2) is 0 Å². The van der Waals surface area contributed by atoms with Crippen molar-refractivity contribution in [1.29, 1.82) is 0 Å². The van der Waals surface area contributed by atoms with E-state index in [4.69, 9.17) is 4.74 Å². The fourth-order valence-electron chi connectivity index (χ4n) is 3.89. The normalized spacial score (nSPS) is 19.2. The quantitative estimate of drug-likeness (QED) is 0.756. The van der Waals surface area contributed by atoms with Crippen molar-refractivity contribution < 1.29 is 14.3 Å². The molecule has 0 unspecified atom stereocenters. The SMILES string of the molecule is Cc1c(-c2ccccc2)sc(NC(=O)[C@@H]2CC=CCC2)c1C(=O)N1CCOCC1. The van der Waals surface area contributed by atoms with Gasteiger partial charge in [0.2, 0.25) is 5.91 Å². The summed E-state index contributed by atoms with van der Waals surface area (Å²) >= 11 is 1.50. The highest BCUT2D eigenvalue weighted by molar-refractivity contribution is 7.20. The van der Waals surface area contributed by atoms with Crippen molar-refractivity contribution in [3.8, 4) is 10.4 Å². The molecule has 6 heteroatoms. The van der Waals surface area contributed by atoms with E-state index in [2.05, 4.69) is 17.5 Å². The summed E-state index contributed by atoms with van der Waals surface area (Å²) in [7, 11) is 0. The molecule has 4 rings (SSSR count). The van der Waals surface area contributed by atoms with Gasteiger partial charge in [-0.3, -0.25) is 9.59 Å². The maximum atomic E-state index is 13.4. The monoisotopic (exact) mass is 410 g/mol. The third-order valence-electron chi connectivity index (χ3n) is 5.57. The zero-order valence-electron chi connectivity index (χ0n) is 16.6. The van der Waals surface area contributed by atoms with E-state index in [1.807, 2.05) is 42.2 Å². The molecule has 2 heterocycles. The lowest BCUT2D eigenvalue weighted by Crippen LogP contribution is -2.41. The molecular formula is C23H26N2O3S. The number of rotatable bonds is 4. The summed E-state index contributed by atoms with van der Waals surface area (Å²) in [6.07, 6.45) is 6.73. The third-order valence-corrected chi connectivity index (χ3v) is 6.83. The number of hydrogen-bond donors (Lipinski definition) is 1. The number of carbonyl (C=O) groups is 2. The van der Waals surface area contributed by atoms with E-state index in [-0.39, 0.29) is 17.7 Å². The molecule has 2 amide bonds. The first kappa shape index (κ1) is 19.9. The highest BCUT2D eigenvalue weighted by Crippen LogP contribution is 2.41. The van der Waals surface area contributed by atoms with Gasteiger partial charge in [0.1, 0.15) is 5.00 Å². The van der Waals surface area contributed by atoms with E-state index in [1.54, 1.807) is 0 Å². The van der Waals surface area contributed by atoms with Crippen LogP contribution < -0.4 is 5.32 Å². The molecule has 0 radical (unpaired) electrons. The van der Waals surface area contributed by atoms with E-state index >= 15 is 0 Å². The van der Waals surface area contributed by atoms with E-state index in [9.17, 15) is 9.59 Å². The summed E-state index contributed by atoms with van der Waals surface area (Å²) in [6, 6.07) is 10.0. The van der Waals surface area contributed by atoms with Crippen LogP contribution in [-0.2, 0) is 9.53 Å². The Kier molecular flexibility index (Phi) is 6.11. The Hall–Kier alpha value is -2.44. The minimum atomic E-state index is -0.0334. The van der Waals surface area contributed by atoms with Crippen molar-refractivity contribution in [2.24, 2.45) is 5.92 Å².